The first kappa shape index (κ1) is 16.8. The predicted octanol–water partition coefficient (Wildman–Crippen LogP) is 3.56. The molecular formula is C16H18N2O4S. The average molecular weight is 334 g/mol. The number of rotatable bonds is 5. The minimum Gasteiger partial charge on any atom is -0.462 e. The van der Waals surface area contributed by atoms with E-state index in [1.807, 2.05) is 30.3 Å². The molecule has 2 rings (SSSR count). The van der Waals surface area contributed by atoms with Crippen molar-refractivity contribution in [3.05, 3.63) is 47.0 Å². The van der Waals surface area contributed by atoms with E-state index in [2.05, 4.69) is 5.32 Å². The number of hydrogen-bond donors (Lipinski definition) is 2. The normalized spacial score (nSPS) is 10.2. The van der Waals surface area contributed by atoms with Crippen molar-refractivity contribution in [3.8, 4) is 0 Å². The number of carbonyl (C=O) groups excluding carboxylic acids is 2. The molecule has 0 fully saturated rings. The second-order valence-electron chi connectivity index (χ2n) is 4.70. The molecule has 0 spiro atoms. The van der Waals surface area contributed by atoms with Crippen LogP contribution in [-0.4, -0.2) is 18.7 Å². The van der Waals surface area contributed by atoms with Gasteiger partial charge in [-0.05, 0) is 19.4 Å². The molecule has 0 aliphatic carbocycles. The van der Waals surface area contributed by atoms with Gasteiger partial charge in [0.1, 0.15) is 16.6 Å². The number of thiophene rings is 1. The molecule has 122 valence electrons. The van der Waals surface area contributed by atoms with E-state index >= 15 is 0 Å². The van der Waals surface area contributed by atoms with Crippen molar-refractivity contribution >= 4 is 33.4 Å². The second kappa shape index (κ2) is 7.64. The van der Waals surface area contributed by atoms with Crippen molar-refractivity contribution < 1.29 is 19.1 Å². The number of anilines is 2. The van der Waals surface area contributed by atoms with Crippen molar-refractivity contribution in [3.63, 3.8) is 0 Å². The highest BCUT2D eigenvalue weighted by atomic mass is 32.1. The molecule has 0 aliphatic rings. The van der Waals surface area contributed by atoms with Crippen molar-refractivity contribution in [1.29, 1.82) is 0 Å². The van der Waals surface area contributed by atoms with Crippen LogP contribution in [0.3, 0.4) is 0 Å². The first-order valence-electron chi connectivity index (χ1n) is 7.06. The molecule has 0 unspecified atom stereocenters. The molecule has 0 saturated carbocycles. The zero-order valence-electron chi connectivity index (χ0n) is 12.9. The Hall–Kier alpha value is -2.54. The molecule has 1 aromatic carbocycles. The SMILES string of the molecule is CCOC(=O)c1c(N)sc(NC(=O)OCc2ccccc2)c1C. The Labute approximate surface area is 138 Å². The first-order valence-corrected chi connectivity index (χ1v) is 7.88. The third-order valence-electron chi connectivity index (χ3n) is 3.08. The summed E-state index contributed by atoms with van der Waals surface area (Å²) in [6, 6.07) is 9.35. The molecule has 7 heteroatoms. The summed E-state index contributed by atoms with van der Waals surface area (Å²) in [4.78, 5) is 23.7. The minimum atomic E-state index is -0.603. The van der Waals surface area contributed by atoms with E-state index in [1.165, 1.54) is 0 Å². The lowest BCUT2D eigenvalue weighted by molar-refractivity contribution is 0.0527. The molecule has 2 aromatic rings. The maximum Gasteiger partial charge on any atom is 0.412 e. The van der Waals surface area contributed by atoms with Crippen LogP contribution < -0.4 is 11.1 Å². The van der Waals surface area contributed by atoms with Crippen LogP contribution in [0.2, 0.25) is 0 Å². The number of benzene rings is 1. The summed E-state index contributed by atoms with van der Waals surface area (Å²) in [6.45, 7) is 3.84. The summed E-state index contributed by atoms with van der Waals surface area (Å²) in [5.41, 5.74) is 7.59. The molecule has 1 amide bonds. The van der Waals surface area contributed by atoms with Crippen LogP contribution in [0.4, 0.5) is 14.8 Å². The van der Waals surface area contributed by atoms with Gasteiger partial charge in [0.2, 0.25) is 0 Å². The minimum absolute atomic E-state index is 0.164. The molecular weight excluding hydrogens is 316 g/mol. The van der Waals surface area contributed by atoms with Gasteiger partial charge in [-0.1, -0.05) is 41.7 Å². The highest BCUT2D eigenvalue weighted by Gasteiger charge is 2.21. The van der Waals surface area contributed by atoms with Gasteiger partial charge >= 0.3 is 12.1 Å². The molecule has 0 bridgehead atoms. The Morgan fingerprint density at radius 2 is 1.91 bits per heavy atom. The van der Waals surface area contributed by atoms with Crippen LogP contribution in [0.1, 0.15) is 28.4 Å². The number of hydrogen-bond acceptors (Lipinski definition) is 6. The lowest BCUT2D eigenvalue weighted by Gasteiger charge is -2.07. The van der Waals surface area contributed by atoms with E-state index in [0.29, 0.717) is 15.6 Å². The Kier molecular flexibility index (Phi) is 5.59. The fourth-order valence-corrected chi connectivity index (χ4v) is 2.91. The molecule has 0 aliphatic heterocycles. The third kappa shape index (κ3) is 4.23. The zero-order chi connectivity index (χ0) is 16.8. The molecule has 0 atom stereocenters. The van der Waals surface area contributed by atoms with Gasteiger partial charge in [0.15, 0.2) is 0 Å². The van der Waals surface area contributed by atoms with Crippen molar-refractivity contribution in [2.24, 2.45) is 0 Å². The van der Waals surface area contributed by atoms with E-state index in [0.717, 1.165) is 16.9 Å². The second-order valence-corrected chi connectivity index (χ2v) is 5.75. The van der Waals surface area contributed by atoms with E-state index in [4.69, 9.17) is 15.2 Å². The maximum absolute atomic E-state index is 11.9. The standard InChI is InChI=1S/C16H18N2O4S/c1-3-21-15(19)12-10(2)14(23-13(12)17)18-16(20)22-9-11-7-5-4-6-8-11/h4-8H,3,9,17H2,1-2H3,(H,18,20). The molecule has 23 heavy (non-hydrogen) atoms. The fraction of sp³-hybridized carbons (Fsp3) is 0.250. The summed E-state index contributed by atoms with van der Waals surface area (Å²) in [7, 11) is 0. The van der Waals surface area contributed by atoms with Crippen LogP contribution in [-0.2, 0) is 16.1 Å². The van der Waals surface area contributed by atoms with Gasteiger partial charge in [-0.2, -0.15) is 0 Å². The number of amides is 1. The van der Waals surface area contributed by atoms with Crippen LogP contribution >= 0.6 is 11.3 Å². The summed E-state index contributed by atoms with van der Waals surface area (Å²) in [5, 5.41) is 3.39. The Balaban J connectivity index is 2.01. The smallest absolute Gasteiger partial charge is 0.412 e. The van der Waals surface area contributed by atoms with Crippen molar-refractivity contribution in [2.45, 2.75) is 20.5 Å². The highest BCUT2D eigenvalue weighted by molar-refractivity contribution is 7.20. The topological polar surface area (TPSA) is 90.6 Å². The van der Waals surface area contributed by atoms with Crippen LogP contribution in [0.5, 0.6) is 0 Å². The summed E-state index contributed by atoms with van der Waals surface area (Å²) < 4.78 is 10.1. The van der Waals surface area contributed by atoms with Crippen LogP contribution in [0, 0.1) is 6.92 Å². The molecule has 6 nitrogen and oxygen atoms in total. The highest BCUT2D eigenvalue weighted by Crippen LogP contribution is 2.35. The lowest BCUT2D eigenvalue weighted by Crippen LogP contribution is -2.14. The third-order valence-corrected chi connectivity index (χ3v) is 4.12. The number of esters is 1. The zero-order valence-corrected chi connectivity index (χ0v) is 13.7. The van der Waals surface area contributed by atoms with Crippen molar-refractivity contribution in [1.82, 2.24) is 0 Å². The molecule has 3 N–H and O–H groups in total. The number of nitrogens with two attached hydrogens (primary N) is 1. The quantitative estimate of drug-likeness (QED) is 0.816. The monoisotopic (exact) mass is 334 g/mol. The number of nitrogen functional groups attached to an aromatic ring is 1. The van der Waals surface area contributed by atoms with Gasteiger partial charge in [0, 0.05) is 5.56 Å². The van der Waals surface area contributed by atoms with Crippen LogP contribution in [0.15, 0.2) is 30.3 Å². The predicted molar refractivity (Wildman–Crippen MR) is 89.7 cm³/mol. The summed E-state index contributed by atoms with van der Waals surface area (Å²) >= 11 is 1.11. The van der Waals surface area contributed by atoms with Crippen LogP contribution in [0.25, 0.3) is 0 Å². The molecule has 1 heterocycles. The van der Waals surface area contributed by atoms with Gasteiger partial charge in [-0.25, -0.2) is 9.59 Å². The summed E-state index contributed by atoms with van der Waals surface area (Å²) in [5.74, 6) is -0.496. The molecule has 0 saturated heterocycles. The van der Waals surface area contributed by atoms with Gasteiger partial charge in [-0.15, -0.1) is 0 Å². The summed E-state index contributed by atoms with van der Waals surface area (Å²) in [6.07, 6.45) is -0.603. The number of nitrogens with one attached hydrogen (secondary N) is 1. The van der Waals surface area contributed by atoms with Crippen molar-refractivity contribution in [2.75, 3.05) is 17.7 Å². The van der Waals surface area contributed by atoms with E-state index in [-0.39, 0.29) is 18.8 Å². The molecule has 0 radical (unpaired) electrons. The average Bonchev–Trinajstić information content (AvgIpc) is 2.80. The maximum atomic E-state index is 11.9. The number of ether oxygens (including phenoxy) is 2. The Morgan fingerprint density at radius 1 is 1.22 bits per heavy atom. The van der Waals surface area contributed by atoms with E-state index in [9.17, 15) is 9.59 Å². The van der Waals surface area contributed by atoms with Gasteiger partial charge in [0.25, 0.3) is 0 Å². The lowest BCUT2D eigenvalue weighted by atomic mass is 10.2. The Morgan fingerprint density at radius 3 is 2.57 bits per heavy atom. The largest absolute Gasteiger partial charge is 0.462 e. The first-order chi connectivity index (χ1) is 11.0. The van der Waals surface area contributed by atoms with Gasteiger partial charge < -0.3 is 15.2 Å². The molecule has 1 aromatic heterocycles. The van der Waals surface area contributed by atoms with E-state index < -0.39 is 12.1 Å². The van der Waals surface area contributed by atoms with E-state index in [1.54, 1.807) is 13.8 Å². The number of carbonyl (C=O) groups is 2. The van der Waals surface area contributed by atoms with Gasteiger partial charge in [-0.3, -0.25) is 5.32 Å². The Bertz CT molecular complexity index is 698. The fourth-order valence-electron chi connectivity index (χ4n) is 1.96. The van der Waals surface area contributed by atoms with Gasteiger partial charge in [0.05, 0.1) is 12.2 Å².